The van der Waals surface area contributed by atoms with Crippen LogP contribution in [-0.2, 0) is 15.6 Å². The summed E-state index contributed by atoms with van der Waals surface area (Å²) < 4.78 is 28.5. The molecule has 2 N–H and O–H groups in total. The van der Waals surface area contributed by atoms with E-state index in [1.54, 1.807) is 13.2 Å². The van der Waals surface area contributed by atoms with E-state index < -0.39 is 9.84 Å². The normalized spacial score (nSPS) is 20.3. The molecule has 0 saturated heterocycles. The average molecular weight is 331 g/mol. The van der Waals surface area contributed by atoms with Gasteiger partial charge in [-0.15, -0.1) is 0 Å². The molecular formula is C18H21NO3S. The minimum Gasteiger partial charge on any atom is -0.496 e. The van der Waals surface area contributed by atoms with E-state index in [1.165, 1.54) is 11.8 Å². The predicted octanol–water partition coefficient (Wildman–Crippen LogP) is 2.72. The highest BCUT2D eigenvalue weighted by Crippen LogP contribution is 2.40. The molecule has 0 spiro atoms. The second-order valence-corrected chi connectivity index (χ2v) is 8.37. The van der Waals surface area contributed by atoms with Gasteiger partial charge < -0.3 is 10.5 Å². The summed E-state index contributed by atoms with van der Waals surface area (Å²) >= 11 is 0. The molecule has 1 aliphatic carbocycles. The van der Waals surface area contributed by atoms with Gasteiger partial charge in [-0.1, -0.05) is 30.3 Å². The lowest BCUT2D eigenvalue weighted by atomic mass is 10.00. The number of methoxy groups -OCH3 is 1. The fourth-order valence-corrected chi connectivity index (χ4v) is 3.67. The highest BCUT2D eigenvalue weighted by atomic mass is 32.2. The number of nitrogens with two attached hydrogens (primary N) is 1. The van der Waals surface area contributed by atoms with Crippen LogP contribution in [-0.4, -0.2) is 27.8 Å². The highest BCUT2D eigenvalue weighted by Gasteiger charge is 2.34. The van der Waals surface area contributed by atoms with Gasteiger partial charge in [-0.05, 0) is 35.2 Å². The third-order valence-corrected chi connectivity index (χ3v) is 5.04. The molecular weight excluding hydrogens is 310 g/mol. The van der Waals surface area contributed by atoms with Crippen molar-refractivity contribution in [2.24, 2.45) is 5.73 Å². The minimum absolute atomic E-state index is 0.0268. The Bertz CT molecular complexity index is 813. The Morgan fingerprint density at radius 3 is 2.35 bits per heavy atom. The summed E-state index contributed by atoms with van der Waals surface area (Å²) in [7, 11) is -1.45. The number of hydrogen-bond donors (Lipinski definition) is 1. The Balaban J connectivity index is 1.94. The molecule has 3 rings (SSSR count). The molecule has 4 nitrogen and oxygen atoms in total. The highest BCUT2D eigenvalue weighted by molar-refractivity contribution is 7.89. The summed E-state index contributed by atoms with van der Waals surface area (Å²) in [6, 6.07) is 14.1. The minimum atomic E-state index is -3.07. The zero-order valence-electron chi connectivity index (χ0n) is 13.3. The van der Waals surface area contributed by atoms with Gasteiger partial charge in [0.15, 0.2) is 9.84 Å². The van der Waals surface area contributed by atoms with Crippen molar-refractivity contribution in [1.82, 2.24) is 0 Å². The molecule has 2 aromatic rings. The Kier molecular flexibility index (Phi) is 4.17. The fraction of sp³-hybridized carbons (Fsp3) is 0.333. The molecule has 0 radical (unpaired) electrons. The quantitative estimate of drug-likeness (QED) is 0.914. The van der Waals surface area contributed by atoms with Crippen molar-refractivity contribution >= 4 is 9.84 Å². The van der Waals surface area contributed by atoms with Crippen molar-refractivity contribution in [1.29, 1.82) is 0 Å². The van der Waals surface area contributed by atoms with Crippen molar-refractivity contribution < 1.29 is 13.2 Å². The van der Waals surface area contributed by atoms with Gasteiger partial charge in [-0.25, -0.2) is 8.42 Å². The maximum Gasteiger partial charge on any atom is 0.151 e. The smallest absolute Gasteiger partial charge is 0.151 e. The van der Waals surface area contributed by atoms with Gasteiger partial charge in [0.2, 0.25) is 0 Å². The lowest BCUT2D eigenvalue weighted by molar-refractivity contribution is 0.416. The van der Waals surface area contributed by atoms with E-state index in [4.69, 9.17) is 10.5 Å². The molecule has 2 aromatic carbocycles. The zero-order valence-corrected chi connectivity index (χ0v) is 14.1. The van der Waals surface area contributed by atoms with Gasteiger partial charge in [0.1, 0.15) is 5.75 Å². The molecule has 122 valence electrons. The lowest BCUT2D eigenvalue weighted by Crippen LogP contribution is -2.01. The van der Waals surface area contributed by atoms with Crippen molar-refractivity contribution in [3.63, 3.8) is 0 Å². The van der Waals surface area contributed by atoms with Crippen LogP contribution in [0.15, 0.2) is 42.5 Å². The maximum absolute atomic E-state index is 11.5. The summed E-state index contributed by atoms with van der Waals surface area (Å²) in [5, 5.41) is 0. The Labute approximate surface area is 137 Å². The van der Waals surface area contributed by atoms with Crippen molar-refractivity contribution in [2.75, 3.05) is 13.4 Å². The first-order valence-corrected chi connectivity index (χ1v) is 9.64. The fourth-order valence-electron chi connectivity index (χ4n) is 2.88. The molecule has 1 aliphatic rings. The average Bonchev–Trinajstić information content (AvgIpc) is 3.23. The van der Waals surface area contributed by atoms with Crippen LogP contribution in [0.4, 0.5) is 0 Å². The molecule has 5 heteroatoms. The molecule has 0 heterocycles. The van der Waals surface area contributed by atoms with Crippen LogP contribution in [0.3, 0.4) is 0 Å². The predicted molar refractivity (Wildman–Crippen MR) is 92.3 cm³/mol. The van der Waals surface area contributed by atoms with Crippen LogP contribution in [0.5, 0.6) is 5.75 Å². The Morgan fingerprint density at radius 2 is 1.83 bits per heavy atom. The van der Waals surface area contributed by atoms with Gasteiger partial charge >= 0.3 is 0 Å². The second kappa shape index (κ2) is 5.98. The van der Waals surface area contributed by atoms with Gasteiger partial charge in [0.05, 0.1) is 12.9 Å². The van der Waals surface area contributed by atoms with E-state index in [9.17, 15) is 8.42 Å². The van der Waals surface area contributed by atoms with Gasteiger partial charge in [-0.3, -0.25) is 0 Å². The molecule has 0 amide bonds. The molecule has 0 aromatic heterocycles. The summed E-state index contributed by atoms with van der Waals surface area (Å²) in [5.41, 5.74) is 9.83. The van der Waals surface area contributed by atoms with E-state index in [0.29, 0.717) is 5.92 Å². The van der Waals surface area contributed by atoms with Crippen molar-refractivity contribution in [3.8, 4) is 16.9 Å². The van der Waals surface area contributed by atoms with Crippen LogP contribution < -0.4 is 10.5 Å². The lowest BCUT2D eigenvalue weighted by Gasteiger charge is -2.11. The van der Waals surface area contributed by atoms with E-state index in [-0.39, 0.29) is 11.8 Å². The monoisotopic (exact) mass is 331 g/mol. The first kappa shape index (κ1) is 16.0. The van der Waals surface area contributed by atoms with E-state index in [1.807, 2.05) is 24.3 Å². The maximum atomic E-state index is 11.5. The zero-order chi connectivity index (χ0) is 16.6. The van der Waals surface area contributed by atoms with Gasteiger partial charge in [0.25, 0.3) is 0 Å². The van der Waals surface area contributed by atoms with Crippen molar-refractivity contribution in [2.45, 2.75) is 24.1 Å². The van der Waals surface area contributed by atoms with Gasteiger partial charge in [-0.2, -0.15) is 0 Å². The van der Waals surface area contributed by atoms with Crippen LogP contribution in [0.2, 0.25) is 0 Å². The van der Waals surface area contributed by atoms with Crippen molar-refractivity contribution in [3.05, 3.63) is 53.6 Å². The first-order valence-electron chi connectivity index (χ1n) is 7.58. The largest absolute Gasteiger partial charge is 0.496 e. The summed E-state index contributed by atoms with van der Waals surface area (Å²) in [4.78, 5) is 0. The van der Waals surface area contributed by atoms with Crippen LogP contribution >= 0.6 is 0 Å². The molecule has 0 unspecified atom stereocenters. The molecule has 23 heavy (non-hydrogen) atoms. The van der Waals surface area contributed by atoms with Crippen LogP contribution in [0.1, 0.15) is 23.5 Å². The Morgan fingerprint density at radius 1 is 1.17 bits per heavy atom. The van der Waals surface area contributed by atoms with Crippen LogP contribution in [0.25, 0.3) is 11.1 Å². The second-order valence-electron chi connectivity index (χ2n) is 6.23. The molecule has 0 bridgehead atoms. The molecule has 2 atom stereocenters. The van der Waals surface area contributed by atoms with Crippen LogP contribution in [0, 0.1) is 0 Å². The van der Waals surface area contributed by atoms with E-state index in [0.717, 1.165) is 28.9 Å². The van der Waals surface area contributed by atoms with Gasteiger partial charge in [0, 0.05) is 23.8 Å². The topological polar surface area (TPSA) is 69.4 Å². The Hall–Kier alpha value is -1.85. The third kappa shape index (κ3) is 3.74. The molecule has 0 aliphatic heterocycles. The number of rotatable bonds is 5. The summed E-state index contributed by atoms with van der Waals surface area (Å²) in [5.74, 6) is 1.24. The first-order chi connectivity index (χ1) is 10.9. The number of sulfone groups is 1. The van der Waals surface area contributed by atoms with E-state index >= 15 is 0 Å². The molecule has 1 fully saturated rings. The number of ether oxygens (including phenoxy) is 1. The summed E-state index contributed by atoms with van der Waals surface area (Å²) in [6.45, 7) is 0. The number of benzene rings is 2. The number of hydrogen-bond acceptors (Lipinski definition) is 4. The molecule has 1 saturated carbocycles. The SMILES string of the molecule is COc1ccc(CS(C)(=O)=O)cc1-c1ccc([C@H]2C[C@@H]2N)cc1. The third-order valence-electron chi connectivity index (χ3n) is 4.18. The summed E-state index contributed by atoms with van der Waals surface area (Å²) in [6.07, 6.45) is 2.29. The standard InChI is InChI=1S/C18H21NO3S/c1-22-18-8-3-12(11-23(2,20)21)9-16(18)14-6-4-13(5-7-14)15-10-17(15)19/h3-9,15,17H,10-11,19H2,1-2H3/t15-,17+/m1/s1. The van der Waals surface area contributed by atoms with E-state index in [2.05, 4.69) is 12.1 Å².